The maximum Gasteiger partial charge on any atom is 0.432 e. The molecule has 0 radical (unpaired) electrons. The third-order valence-electron chi connectivity index (χ3n) is 5.25. The normalized spacial score (nSPS) is 39.7. The van der Waals surface area contributed by atoms with E-state index in [9.17, 15) is 27.9 Å². The lowest BCUT2D eigenvalue weighted by Crippen LogP contribution is -2.85. The Morgan fingerprint density at radius 2 is 2.17 bits per heavy atom. The number of hydrogen-bond acceptors (Lipinski definition) is 4. The number of esters is 1. The van der Waals surface area contributed by atoms with E-state index in [1.807, 2.05) is 0 Å². The minimum Gasteiger partial charge on any atom is -0.443 e. The number of aliphatic hydroxyl groups is 1. The van der Waals surface area contributed by atoms with Gasteiger partial charge in [-0.25, -0.2) is 4.79 Å². The van der Waals surface area contributed by atoms with Gasteiger partial charge in [0.05, 0.1) is 12.0 Å². The van der Waals surface area contributed by atoms with Crippen LogP contribution in [0.5, 0.6) is 0 Å². The van der Waals surface area contributed by atoms with Crippen molar-refractivity contribution >= 4 is 23.5 Å². The maximum atomic E-state index is 13.9. The first-order valence-corrected chi connectivity index (χ1v) is 8.28. The van der Waals surface area contributed by atoms with Crippen molar-refractivity contribution < 1.29 is 32.6 Å². The molecule has 2 saturated heterocycles. The van der Waals surface area contributed by atoms with Crippen LogP contribution in [0.1, 0.15) is 25.7 Å². The van der Waals surface area contributed by atoms with E-state index in [2.05, 4.69) is 10.1 Å². The van der Waals surface area contributed by atoms with Crippen molar-refractivity contribution in [2.75, 3.05) is 5.88 Å². The van der Waals surface area contributed by atoms with Crippen molar-refractivity contribution in [1.29, 1.82) is 0 Å². The molecule has 2 heterocycles. The number of aliphatic hydroxyl groups excluding tert-OH is 1. The van der Waals surface area contributed by atoms with Gasteiger partial charge in [-0.15, -0.1) is 11.6 Å². The summed E-state index contributed by atoms with van der Waals surface area (Å²) in [5, 5.41) is 12.8. The monoisotopic (exact) mass is 367 g/mol. The Hall–Kier alpha value is -1.28. The average Bonchev–Trinajstić information content (AvgIpc) is 2.74. The molecule has 0 aromatic heterocycles. The summed E-state index contributed by atoms with van der Waals surface area (Å²) in [6.07, 6.45) is -1.84. The summed E-state index contributed by atoms with van der Waals surface area (Å²) in [5.74, 6) is -4.77. The van der Waals surface area contributed by atoms with Crippen LogP contribution in [0.4, 0.5) is 13.2 Å². The number of carbonyl (C=O) groups is 2. The van der Waals surface area contributed by atoms with Gasteiger partial charge in [0.1, 0.15) is 0 Å². The zero-order valence-electron chi connectivity index (χ0n) is 12.6. The molecule has 0 aromatic rings. The molecule has 0 bridgehead atoms. The van der Waals surface area contributed by atoms with E-state index in [-0.39, 0.29) is 12.3 Å². The molecule has 2 N–H and O–H groups in total. The quantitative estimate of drug-likeness (QED) is 0.450. The first-order chi connectivity index (χ1) is 11.2. The molecule has 9 heteroatoms. The number of alkyl halides is 4. The molecular weight excluding hydrogens is 351 g/mol. The Bertz CT molecular complexity index is 596. The van der Waals surface area contributed by atoms with Crippen LogP contribution in [-0.4, -0.2) is 46.3 Å². The summed E-state index contributed by atoms with van der Waals surface area (Å²) in [5.41, 5.74) is -5.58. The molecule has 0 unspecified atom stereocenters. The predicted octanol–water partition coefficient (Wildman–Crippen LogP) is 1.68. The molecule has 1 amide bonds. The van der Waals surface area contributed by atoms with Crippen molar-refractivity contribution in [3.63, 3.8) is 0 Å². The van der Waals surface area contributed by atoms with Gasteiger partial charge in [0, 0.05) is 11.8 Å². The van der Waals surface area contributed by atoms with Gasteiger partial charge in [-0.3, -0.25) is 4.79 Å². The topological polar surface area (TPSA) is 75.6 Å². The number of amides is 1. The molecule has 3 aliphatic rings. The van der Waals surface area contributed by atoms with Gasteiger partial charge >= 0.3 is 12.1 Å². The zero-order chi connectivity index (χ0) is 17.8. The Balaban J connectivity index is 2.09. The Morgan fingerprint density at radius 3 is 2.67 bits per heavy atom. The highest BCUT2D eigenvalue weighted by molar-refractivity contribution is 6.18. The predicted molar refractivity (Wildman–Crippen MR) is 77.1 cm³/mol. The maximum absolute atomic E-state index is 13.9. The molecule has 2 fully saturated rings. The van der Waals surface area contributed by atoms with Gasteiger partial charge in [-0.05, 0) is 25.7 Å². The minimum atomic E-state index is -5.02. The molecule has 5 atom stereocenters. The van der Waals surface area contributed by atoms with Crippen LogP contribution in [0, 0.1) is 11.8 Å². The zero-order valence-corrected chi connectivity index (χ0v) is 13.4. The third-order valence-corrected chi connectivity index (χ3v) is 5.47. The van der Waals surface area contributed by atoms with E-state index in [0.717, 1.165) is 6.42 Å². The molecule has 0 aromatic carbocycles. The largest absolute Gasteiger partial charge is 0.443 e. The highest BCUT2D eigenvalue weighted by Gasteiger charge is 2.90. The highest BCUT2D eigenvalue weighted by atomic mass is 35.5. The second-order valence-electron chi connectivity index (χ2n) is 6.42. The van der Waals surface area contributed by atoms with E-state index < -0.39 is 47.1 Å². The lowest BCUT2D eigenvalue weighted by Gasteiger charge is -2.56. The van der Waals surface area contributed by atoms with E-state index in [1.54, 1.807) is 12.2 Å². The first-order valence-electron chi connectivity index (χ1n) is 7.75. The van der Waals surface area contributed by atoms with Crippen LogP contribution in [0.15, 0.2) is 12.2 Å². The molecule has 0 saturated carbocycles. The fourth-order valence-electron chi connectivity index (χ4n) is 4.13. The summed E-state index contributed by atoms with van der Waals surface area (Å²) in [6.45, 7) is 0. The summed E-state index contributed by atoms with van der Waals surface area (Å²) >= 11 is 5.54. The second-order valence-corrected chi connectivity index (χ2v) is 6.80. The highest BCUT2D eigenvalue weighted by Crippen LogP contribution is 2.60. The van der Waals surface area contributed by atoms with Crippen LogP contribution >= 0.6 is 11.6 Å². The van der Waals surface area contributed by atoms with Crippen LogP contribution in [-0.2, 0) is 14.3 Å². The summed E-state index contributed by atoms with van der Waals surface area (Å²) in [4.78, 5) is 24.3. The third kappa shape index (κ3) is 1.98. The van der Waals surface area contributed by atoms with Gasteiger partial charge in [0.2, 0.25) is 11.4 Å². The Morgan fingerprint density at radius 1 is 1.46 bits per heavy atom. The fraction of sp³-hybridized carbons (Fsp3) is 0.733. The minimum absolute atomic E-state index is 0.205. The summed E-state index contributed by atoms with van der Waals surface area (Å²) < 4.78 is 46.3. The average molecular weight is 368 g/mol. The molecular formula is C15H17ClF3NO4. The summed E-state index contributed by atoms with van der Waals surface area (Å²) in [6, 6.07) is 0. The number of ether oxygens (including phenoxy) is 1. The second kappa shape index (κ2) is 5.62. The molecule has 2 aliphatic heterocycles. The van der Waals surface area contributed by atoms with Gasteiger partial charge in [0.15, 0.2) is 0 Å². The van der Waals surface area contributed by atoms with E-state index in [1.165, 1.54) is 0 Å². The molecule has 0 spiro atoms. The summed E-state index contributed by atoms with van der Waals surface area (Å²) in [7, 11) is 0. The SMILES string of the molecule is O=C1N[C@@]2([C@@H](O)[C@@H]3C=CCCC3)C(=O)O[C@@]2(C(F)(F)F)[C@H]1CCCl. The molecule has 3 rings (SSSR count). The van der Waals surface area contributed by atoms with Crippen molar-refractivity contribution in [1.82, 2.24) is 5.32 Å². The van der Waals surface area contributed by atoms with E-state index >= 15 is 0 Å². The number of nitrogens with one attached hydrogen (secondary N) is 1. The molecule has 24 heavy (non-hydrogen) atoms. The van der Waals surface area contributed by atoms with Gasteiger partial charge in [0.25, 0.3) is 5.60 Å². The molecule has 134 valence electrons. The van der Waals surface area contributed by atoms with Crippen molar-refractivity contribution in [3.05, 3.63) is 12.2 Å². The van der Waals surface area contributed by atoms with Gasteiger partial charge < -0.3 is 15.2 Å². The number of carbonyl (C=O) groups excluding carboxylic acids is 2. The van der Waals surface area contributed by atoms with Crippen molar-refractivity contribution in [2.24, 2.45) is 11.8 Å². The van der Waals surface area contributed by atoms with E-state index in [0.29, 0.717) is 12.8 Å². The van der Waals surface area contributed by atoms with Gasteiger partial charge in [-0.1, -0.05) is 12.2 Å². The first kappa shape index (κ1) is 17.5. The number of allylic oxidation sites excluding steroid dienone is 1. The Kier molecular flexibility index (Phi) is 4.11. The van der Waals surface area contributed by atoms with Crippen LogP contribution in [0.3, 0.4) is 0 Å². The number of fused-ring (bicyclic) bond motifs is 1. The van der Waals surface area contributed by atoms with Gasteiger partial charge in [-0.2, -0.15) is 13.2 Å². The number of hydrogen-bond donors (Lipinski definition) is 2. The van der Waals surface area contributed by atoms with Crippen LogP contribution < -0.4 is 5.32 Å². The van der Waals surface area contributed by atoms with Crippen molar-refractivity contribution in [2.45, 2.75) is 49.1 Å². The van der Waals surface area contributed by atoms with Crippen molar-refractivity contribution in [3.8, 4) is 0 Å². The Labute approximate surface area is 141 Å². The fourth-order valence-corrected chi connectivity index (χ4v) is 4.35. The molecule has 1 aliphatic carbocycles. The van der Waals surface area contributed by atoms with E-state index in [4.69, 9.17) is 11.6 Å². The lowest BCUT2D eigenvalue weighted by molar-refractivity contribution is -0.347. The van der Waals surface area contributed by atoms with Crippen LogP contribution in [0.25, 0.3) is 0 Å². The van der Waals surface area contributed by atoms with Crippen LogP contribution in [0.2, 0.25) is 0 Å². The standard InChI is InChI=1S/C15H17ClF3NO4/c16-7-6-9-11(22)20-13(10(21)8-4-2-1-3-5-8)12(23)24-14(9,13)15(17,18)19/h2,4,8-10,21H,1,3,5-7H2,(H,20,22)/t8-,9+,10+,13+,14+/m1/s1. The lowest BCUT2D eigenvalue weighted by atomic mass is 9.63. The molecule has 5 nitrogen and oxygen atoms in total. The number of rotatable bonds is 4. The smallest absolute Gasteiger partial charge is 0.432 e. The number of halogens is 4.